The molecule has 0 spiro atoms. The van der Waals surface area contributed by atoms with Crippen molar-refractivity contribution in [2.24, 2.45) is 5.84 Å². The smallest absolute Gasteiger partial charge is 0.227 e. The molecule has 0 saturated carbocycles. The second kappa shape index (κ2) is 3.16. The number of fused-ring (bicyclic) bond motifs is 1. The Labute approximate surface area is 81.3 Å². The number of nitrogens with one attached hydrogen (secondary N) is 1. The first-order valence-electron chi connectivity index (χ1n) is 4.31. The zero-order valence-electron chi connectivity index (χ0n) is 7.82. The van der Waals surface area contributed by atoms with Gasteiger partial charge in [-0.05, 0) is 24.3 Å². The molecule has 2 rings (SSSR count). The quantitative estimate of drug-likeness (QED) is 0.529. The van der Waals surface area contributed by atoms with Gasteiger partial charge in [-0.3, -0.25) is 15.2 Å². The van der Waals surface area contributed by atoms with Gasteiger partial charge in [-0.1, -0.05) is 0 Å². The molecule has 0 amide bonds. The van der Waals surface area contributed by atoms with Crippen LogP contribution in [-0.4, -0.2) is 10.5 Å². The van der Waals surface area contributed by atoms with Gasteiger partial charge in [0.1, 0.15) is 0 Å². The summed E-state index contributed by atoms with van der Waals surface area (Å²) in [4.78, 5) is 11.2. The molecular formula is C10H11N3O. The molecule has 72 valence electrons. The molecule has 0 fully saturated rings. The number of rotatable bonds is 1. The van der Waals surface area contributed by atoms with Crippen LogP contribution in [0.25, 0.3) is 10.9 Å². The molecule has 4 heteroatoms. The van der Waals surface area contributed by atoms with Crippen LogP contribution in [0.2, 0.25) is 0 Å². The monoisotopic (exact) mass is 189 g/mol. The number of carbonyl (C=O) groups is 1. The number of nitrogens with two attached hydrogens (primary N) is 1. The molecular weight excluding hydrogens is 178 g/mol. The Kier molecular flexibility index (Phi) is 1.98. The zero-order chi connectivity index (χ0) is 10.1. The molecule has 0 unspecified atom stereocenters. The van der Waals surface area contributed by atoms with Crippen molar-refractivity contribution in [2.75, 3.05) is 5.43 Å². The van der Waals surface area contributed by atoms with E-state index < -0.39 is 0 Å². The Morgan fingerprint density at radius 1 is 1.43 bits per heavy atom. The maximum Gasteiger partial charge on any atom is 0.227 e. The third kappa shape index (κ3) is 1.25. The van der Waals surface area contributed by atoms with E-state index in [9.17, 15) is 4.79 Å². The summed E-state index contributed by atoms with van der Waals surface area (Å²) in [5.74, 6) is 5.29. The van der Waals surface area contributed by atoms with Crippen molar-refractivity contribution in [3.05, 3.63) is 30.5 Å². The third-order valence-electron chi connectivity index (χ3n) is 2.20. The lowest BCUT2D eigenvalue weighted by atomic mass is 10.2. The van der Waals surface area contributed by atoms with Crippen molar-refractivity contribution in [1.29, 1.82) is 0 Å². The molecule has 2 aromatic rings. The Morgan fingerprint density at radius 2 is 2.21 bits per heavy atom. The number of nitrogens with zero attached hydrogens (tertiary/aromatic N) is 1. The van der Waals surface area contributed by atoms with E-state index in [1.807, 2.05) is 24.3 Å². The second-order valence-electron chi connectivity index (χ2n) is 3.12. The van der Waals surface area contributed by atoms with Crippen LogP contribution in [0.1, 0.15) is 11.7 Å². The molecule has 0 atom stereocenters. The fourth-order valence-electron chi connectivity index (χ4n) is 1.51. The zero-order valence-corrected chi connectivity index (χ0v) is 7.82. The first kappa shape index (κ1) is 8.77. The van der Waals surface area contributed by atoms with Crippen molar-refractivity contribution >= 4 is 22.5 Å². The fraction of sp³-hybridized carbons (Fsp3) is 0.100. The molecule has 0 bridgehead atoms. The first-order chi connectivity index (χ1) is 6.72. The molecule has 0 aliphatic rings. The number of anilines is 1. The maximum absolute atomic E-state index is 11.2. The van der Waals surface area contributed by atoms with Crippen LogP contribution in [0.4, 0.5) is 5.69 Å². The number of benzene rings is 1. The minimum atomic E-state index is 0.00783. The summed E-state index contributed by atoms with van der Waals surface area (Å²) in [5, 5.41) is 0.996. The minimum Gasteiger partial charge on any atom is -0.324 e. The number of aromatic nitrogens is 1. The maximum atomic E-state index is 11.2. The van der Waals surface area contributed by atoms with E-state index in [1.54, 1.807) is 10.8 Å². The molecule has 0 aliphatic heterocycles. The van der Waals surface area contributed by atoms with Crippen LogP contribution in [0.5, 0.6) is 0 Å². The highest BCUT2D eigenvalue weighted by atomic mass is 16.1. The molecule has 1 aromatic heterocycles. The van der Waals surface area contributed by atoms with E-state index in [2.05, 4.69) is 5.43 Å². The summed E-state index contributed by atoms with van der Waals surface area (Å²) in [6.07, 6.45) is 1.76. The minimum absolute atomic E-state index is 0.00783. The Hall–Kier alpha value is -1.81. The van der Waals surface area contributed by atoms with Crippen LogP contribution in [0, 0.1) is 0 Å². The van der Waals surface area contributed by atoms with Gasteiger partial charge in [0, 0.05) is 24.2 Å². The highest BCUT2D eigenvalue weighted by Crippen LogP contribution is 2.19. The van der Waals surface area contributed by atoms with Gasteiger partial charge >= 0.3 is 0 Å². The highest BCUT2D eigenvalue weighted by Gasteiger charge is 2.03. The lowest BCUT2D eigenvalue weighted by Gasteiger charge is -2.01. The molecule has 0 aliphatic carbocycles. The predicted octanol–water partition coefficient (Wildman–Crippen LogP) is 1.59. The van der Waals surface area contributed by atoms with E-state index >= 15 is 0 Å². The number of hydrazine groups is 1. The van der Waals surface area contributed by atoms with Crippen molar-refractivity contribution in [2.45, 2.75) is 6.92 Å². The summed E-state index contributed by atoms with van der Waals surface area (Å²) in [7, 11) is 0. The van der Waals surface area contributed by atoms with Crippen LogP contribution in [0.3, 0.4) is 0 Å². The largest absolute Gasteiger partial charge is 0.324 e. The highest BCUT2D eigenvalue weighted by molar-refractivity contribution is 5.92. The summed E-state index contributed by atoms with van der Waals surface area (Å²) in [6.45, 7) is 1.54. The SMILES string of the molecule is CC(=O)n1ccc2cc(NN)ccc21. The molecule has 14 heavy (non-hydrogen) atoms. The van der Waals surface area contributed by atoms with Crippen molar-refractivity contribution in [3.63, 3.8) is 0 Å². The number of hydrogen-bond donors (Lipinski definition) is 2. The average molecular weight is 189 g/mol. The number of carbonyl (C=O) groups excluding carboxylic acids is 1. The van der Waals surface area contributed by atoms with Gasteiger partial charge in [0.25, 0.3) is 0 Å². The van der Waals surface area contributed by atoms with Crippen molar-refractivity contribution in [1.82, 2.24) is 4.57 Å². The van der Waals surface area contributed by atoms with Crippen LogP contribution >= 0.6 is 0 Å². The van der Waals surface area contributed by atoms with Gasteiger partial charge in [-0.15, -0.1) is 0 Å². The lowest BCUT2D eigenvalue weighted by Crippen LogP contribution is -2.06. The summed E-state index contributed by atoms with van der Waals surface area (Å²) in [5.41, 5.74) is 4.30. The van der Waals surface area contributed by atoms with E-state index in [-0.39, 0.29) is 5.91 Å². The topological polar surface area (TPSA) is 60.0 Å². The van der Waals surface area contributed by atoms with E-state index in [0.29, 0.717) is 0 Å². The lowest BCUT2D eigenvalue weighted by molar-refractivity contribution is 0.0941. The Bertz CT molecular complexity index is 487. The van der Waals surface area contributed by atoms with Crippen LogP contribution < -0.4 is 11.3 Å². The third-order valence-corrected chi connectivity index (χ3v) is 2.20. The molecule has 0 saturated heterocycles. The van der Waals surface area contributed by atoms with E-state index in [1.165, 1.54) is 6.92 Å². The van der Waals surface area contributed by atoms with Gasteiger partial charge in [0.15, 0.2) is 0 Å². The summed E-state index contributed by atoms with van der Waals surface area (Å²) < 4.78 is 1.61. The summed E-state index contributed by atoms with van der Waals surface area (Å²) in [6, 6.07) is 7.49. The molecule has 1 aromatic carbocycles. The Morgan fingerprint density at radius 3 is 2.86 bits per heavy atom. The second-order valence-corrected chi connectivity index (χ2v) is 3.12. The molecule has 0 radical (unpaired) electrons. The van der Waals surface area contributed by atoms with Gasteiger partial charge in [-0.2, -0.15) is 0 Å². The number of hydrogen-bond acceptors (Lipinski definition) is 3. The van der Waals surface area contributed by atoms with Crippen LogP contribution in [-0.2, 0) is 0 Å². The standard InChI is InChI=1S/C10H11N3O/c1-7(14)13-5-4-8-6-9(12-11)2-3-10(8)13/h2-6,12H,11H2,1H3. The van der Waals surface area contributed by atoms with E-state index in [0.717, 1.165) is 16.6 Å². The van der Waals surface area contributed by atoms with Gasteiger partial charge in [0.05, 0.1) is 5.52 Å². The Balaban J connectivity index is 2.65. The summed E-state index contributed by atoms with van der Waals surface area (Å²) >= 11 is 0. The fourth-order valence-corrected chi connectivity index (χ4v) is 1.51. The van der Waals surface area contributed by atoms with Gasteiger partial charge in [0.2, 0.25) is 5.91 Å². The van der Waals surface area contributed by atoms with E-state index in [4.69, 9.17) is 5.84 Å². The first-order valence-corrected chi connectivity index (χ1v) is 4.31. The molecule has 1 heterocycles. The molecule has 4 nitrogen and oxygen atoms in total. The predicted molar refractivity (Wildman–Crippen MR) is 56.0 cm³/mol. The van der Waals surface area contributed by atoms with Crippen molar-refractivity contribution < 1.29 is 4.79 Å². The van der Waals surface area contributed by atoms with Gasteiger partial charge in [-0.25, -0.2) is 0 Å². The van der Waals surface area contributed by atoms with Gasteiger partial charge < -0.3 is 5.43 Å². The molecule has 3 N–H and O–H groups in total. The van der Waals surface area contributed by atoms with Crippen molar-refractivity contribution in [3.8, 4) is 0 Å². The number of nitrogen functional groups attached to an aromatic ring is 1. The normalized spacial score (nSPS) is 10.4. The van der Waals surface area contributed by atoms with Crippen LogP contribution in [0.15, 0.2) is 30.5 Å². The average Bonchev–Trinajstić information content (AvgIpc) is 2.59.